The van der Waals surface area contributed by atoms with Gasteiger partial charge < -0.3 is 14.6 Å². The topological polar surface area (TPSA) is 68.7 Å². The number of carboxylic acid groups (broad SMARTS) is 1. The minimum absolute atomic E-state index is 0.190. The second-order valence-corrected chi connectivity index (χ2v) is 5.04. The summed E-state index contributed by atoms with van der Waals surface area (Å²) < 4.78 is 11.0. The number of aromatic nitrogens is 1. The largest absolute Gasteiger partial charge is 0.486 e. The Bertz CT molecular complexity index is 758. The van der Waals surface area contributed by atoms with Gasteiger partial charge in [0.25, 0.3) is 0 Å². The van der Waals surface area contributed by atoms with E-state index in [2.05, 4.69) is 4.98 Å². The van der Waals surface area contributed by atoms with Gasteiger partial charge in [-0.3, -0.25) is 4.98 Å². The average molecular weight is 318 g/mol. The van der Waals surface area contributed by atoms with Gasteiger partial charge in [-0.25, -0.2) is 4.79 Å². The van der Waals surface area contributed by atoms with E-state index in [0.717, 1.165) is 5.56 Å². The smallest absolute Gasteiger partial charge is 0.335 e. The molecule has 0 spiro atoms. The van der Waals surface area contributed by atoms with Crippen LogP contribution in [0.1, 0.15) is 21.6 Å². The van der Waals surface area contributed by atoms with Gasteiger partial charge in [-0.1, -0.05) is 17.7 Å². The zero-order chi connectivity index (χ0) is 15.5. The monoisotopic (exact) mass is 317 g/mol. The minimum atomic E-state index is -0.987. The Morgan fingerprint density at radius 1 is 1.23 bits per heavy atom. The first-order chi connectivity index (χ1) is 10.6. The lowest BCUT2D eigenvalue weighted by Gasteiger charge is -2.19. The van der Waals surface area contributed by atoms with E-state index >= 15 is 0 Å². The van der Waals surface area contributed by atoms with E-state index in [1.165, 1.54) is 18.3 Å². The van der Waals surface area contributed by atoms with Crippen molar-refractivity contribution in [2.24, 2.45) is 0 Å². The van der Waals surface area contributed by atoms with E-state index in [9.17, 15) is 4.79 Å². The van der Waals surface area contributed by atoms with Gasteiger partial charge in [0.2, 0.25) is 0 Å². The molecule has 0 unspecified atom stereocenters. The predicted octanol–water partition coefficient (Wildman–Crippen LogP) is 3.37. The summed E-state index contributed by atoms with van der Waals surface area (Å²) in [5.41, 5.74) is 1.55. The quantitative estimate of drug-likeness (QED) is 0.940. The Kier molecular flexibility index (Phi) is 3.98. The Labute approximate surface area is 131 Å². The lowest BCUT2D eigenvalue weighted by Crippen LogP contribution is -2.15. The van der Waals surface area contributed by atoms with Crippen molar-refractivity contribution in [1.82, 2.24) is 4.98 Å². The van der Waals surface area contributed by atoms with Crippen LogP contribution in [0.3, 0.4) is 0 Å². The van der Waals surface area contributed by atoms with Crippen LogP contribution < -0.4 is 9.47 Å². The summed E-state index contributed by atoms with van der Waals surface area (Å²) >= 11 is 6.16. The molecule has 2 aromatic rings. The molecular formula is C16H12ClNO4. The summed E-state index contributed by atoms with van der Waals surface area (Å²) in [7, 11) is 0. The molecule has 0 fully saturated rings. The van der Waals surface area contributed by atoms with Crippen molar-refractivity contribution < 1.29 is 19.4 Å². The van der Waals surface area contributed by atoms with Crippen LogP contribution in [0.25, 0.3) is 12.2 Å². The highest BCUT2D eigenvalue weighted by atomic mass is 35.5. The van der Waals surface area contributed by atoms with Gasteiger partial charge in [0.15, 0.2) is 11.5 Å². The maximum atomic E-state index is 10.9. The fourth-order valence-corrected chi connectivity index (χ4v) is 2.35. The molecule has 5 nitrogen and oxygen atoms in total. The predicted molar refractivity (Wildman–Crippen MR) is 82.6 cm³/mol. The number of carboxylic acids is 1. The fourth-order valence-electron chi connectivity index (χ4n) is 2.08. The molecule has 0 saturated heterocycles. The number of fused-ring (bicyclic) bond motifs is 1. The summed E-state index contributed by atoms with van der Waals surface area (Å²) in [5.74, 6) is 0.168. The highest BCUT2D eigenvalue weighted by molar-refractivity contribution is 6.32. The zero-order valence-electron chi connectivity index (χ0n) is 11.5. The number of pyridine rings is 1. The van der Waals surface area contributed by atoms with Crippen molar-refractivity contribution in [2.45, 2.75) is 0 Å². The van der Waals surface area contributed by atoms with E-state index in [1.807, 2.05) is 6.07 Å². The molecule has 0 atom stereocenters. The van der Waals surface area contributed by atoms with Gasteiger partial charge >= 0.3 is 5.97 Å². The number of nitrogens with zero attached hydrogens (tertiary/aromatic N) is 1. The van der Waals surface area contributed by atoms with E-state index in [1.54, 1.807) is 18.2 Å². The normalized spacial score (nSPS) is 13.3. The summed E-state index contributed by atoms with van der Waals surface area (Å²) in [6.45, 7) is 0.965. The Hall–Kier alpha value is -2.53. The molecule has 1 aliphatic heterocycles. The molecule has 0 saturated carbocycles. The van der Waals surface area contributed by atoms with Crippen molar-refractivity contribution in [3.8, 4) is 11.5 Å². The third kappa shape index (κ3) is 3.04. The third-order valence-electron chi connectivity index (χ3n) is 3.09. The van der Waals surface area contributed by atoms with Crippen molar-refractivity contribution in [1.29, 1.82) is 0 Å². The molecule has 1 aromatic carbocycles. The number of hydrogen-bond donors (Lipinski definition) is 1. The van der Waals surface area contributed by atoms with Crippen molar-refractivity contribution in [3.05, 3.63) is 52.3 Å². The van der Waals surface area contributed by atoms with Crippen molar-refractivity contribution in [3.63, 3.8) is 0 Å². The first-order valence-corrected chi connectivity index (χ1v) is 6.98. The van der Waals surface area contributed by atoms with E-state index < -0.39 is 5.97 Å². The number of carbonyl (C=O) groups is 1. The average Bonchev–Trinajstić information content (AvgIpc) is 2.53. The van der Waals surface area contributed by atoms with Crippen molar-refractivity contribution >= 4 is 29.7 Å². The molecule has 112 valence electrons. The highest BCUT2D eigenvalue weighted by Crippen LogP contribution is 2.38. The second-order valence-electron chi connectivity index (χ2n) is 4.63. The maximum absolute atomic E-state index is 10.9. The SMILES string of the molecule is O=C(O)c1ccnc(/C=C/c2cc(Cl)c3c(c2)OCCO3)c1. The first kappa shape index (κ1) is 14.4. The molecule has 0 aliphatic carbocycles. The Morgan fingerprint density at radius 3 is 2.86 bits per heavy atom. The van der Waals surface area contributed by atoms with Gasteiger partial charge in [-0.05, 0) is 35.9 Å². The summed E-state index contributed by atoms with van der Waals surface area (Å²) in [4.78, 5) is 15.0. The number of hydrogen-bond acceptors (Lipinski definition) is 4. The molecule has 1 aliphatic rings. The molecule has 1 aromatic heterocycles. The fraction of sp³-hybridized carbons (Fsp3) is 0.125. The molecule has 22 heavy (non-hydrogen) atoms. The molecule has 6 heteroatoms. The summed E-state index contributed by atoms with van der Waals surface area (Å²) in [6.07, 6.45) is 4.96. The first-order valence-electron chi connectivity index (χ1n) is 6.60. The van der Waals surface area contributed by atoms with Crippen LogP contribution in [-0.2, 0) is 0 Å². The Balaban J connectivity index is 1.88. The summed E-state index contributed by atoms with van der Waals surface area (Å²) in [5, 5.41) is 9.44. The number of aromatic carboxylic acids is 1. The van der Waals surface area contributed by atoms with Gasteiger partial charge in [0.1, 0.15) is 13.2 Å². The Morgan fingerprint density at radius 2 is 2.05 bits per heavy atom. The number of rotatable bonds is 3. The molecule has 0 amide bonds. The lowest BCUT2D eigenvalue weighted by molar-refractivity contribution is 0.0696. The van der Waals surface area contributed by atoms with Gasteiger partial charge in [0.05, 0.1) is 16.3 Å². The maximum Gasteiger partial charge on any atom is 0.335 e. The van der Waals surface area contributed by atoms with Crippen LogP contribution >= 0.6 is 11.6 Å². The van der Waals surface area contributed by atoms with Crippen LogP contribution in [0.4, 0.5) is 0 Å². The highest BCUT2D eigenvalue weighted by Gasteiger charge is 2.15. The van der Waals surface area contributed by atoms with Gasteiger partial charge in [-0.2, -0.15) is 0 Å². The van der Waals surface area contributed by atoms with Crippen LogP contribution in [0.15, 0.2) is 30.5 Å². The standard InChI is InChI=1S/C16H12ClNO4/c17-13-7-10(8-14-15(13)22-6-5-21-14)1-2-12-9-11(16(19)20)3-4-18-12/h1-4,7-9H,5-6H2,(H,19,20)/b2-1+. The van der Waals surface area contributed by atoms with Crippen LogP contribution in [0, 0.1) is 0 Å². The lowest BCUT2D eigenvalue weighted by atomic mass is 10.1. The molecule has 0 bridgehead atoms. The van der Waals surface area contributed by atoms with E-state index in [0.29, 0.717) is 35.4 Å². The van der Waals surface area contributed by atoms with Gasteiger partial charge in [0, 0.05) is 6.20 Å². The molecule has 1 N–H and O–H groups in total. The minimum Gasteiger partial charge on any atom is -0.486 e. The zero-order valence-corrected chi connectivity index (χ0v) is 12.2. The molecule has 0 radical (unpaired) electrons. The summed E-state index contributed by atoms with van der Waals surface area (Å²) in [6, 6.07) is 6.52. The van der Waals surface area contributed by atoms with Gasteiger partial charge in [-0.15, -0.1) is 0 Å². The second kappa shape index (κ2) is 6.07. The van der Waals surface area contributed by atoms with Crippen LogP contribution in [-0.4, -0.2) is 29.3 Å². The van der Waals surface area contributed by atoms with Crippen molar-refractivity contribution in [2.75, 3.05) is 13.2 Å². The number of halogens is 1. The third-order valence-corrected chi connectivity index (χ3v) is 3.37. The van der Waals surface area contributed by atoms with E-state index in [-0.39, 0.29) is 5.56 Å². The van der Waals surface area contributed by atoms with Crippen LogP contribution in [0.2, 0.25) is 5.02 Å². The number of ether oxygens (including phenoxy) is 2. The molecule has 3 rings (SSSR count). The molecular weight excluding hydrogens is 306 g/mol. The van der Waals surface area contributed by atoms with Crippen LogP contribution in [0.5, 0.6) is 11.5 Å². The number of benzene rings is 1. The van der Waals surface area contributed by atoms with E-state index in [4.69, 9.17) is 26.2 Å². The molecule has 2 heterocycles.